The number of fused-ring (bicyclic) bond motifs is 1. The van der Waals surface area contributed by atoms with Crippen molar-refractivity contribution in [3.05, 3.63) is 24.0 Å². The van der Waals surface area contributed by atoms with Gasteiger partial charge in [0.1, 0.15) is 11.3 Å². The van der Waals surface area contributed by atoms with Crippen LogP contribution in [0.2, 0.25) is 0 Å². The van der Waals surface area contributed by atoms with Gasteiger partial charge in [0.15, 0.2) is 0 Å². The monoisotopic (exact) mass is 231 g/mol. The fourth-order valence-electron chi connectivity index (χ4n) is 2.21. The van der Waals surface area contributed by atoms with Crippen LogP contribution in [-0.4, -0.2) is 9.55 Å². The van der Waals surface area contributed by atoms with Gasteiger partial charge in [-0.25, -0.2) is 4.98 Å². The summed E-state index contributed by atoms with van der Waals surface area (Å²) in [6.45, 7) is 7.65. The average Bonchev–Trinajstić information content (AvgIpc) is 2.59. The van der Waals surface area contributed by atoms with E-state index in [2.05, 4.69) is 31.4 Å². The van der Waals surface area contributed by atoms with Gasteiger partial charge in [-0.05, 0) is 24.5 Å². The van der Waals surface area contributed by atoms with E-state index >= 15 is 0 Å². The number of aryl methyl sites for hydroxylation is 1. The van der Waals surface area contributed by atoms with Crippen LogP contribution >= 0.6 is 0 Å². The lowest BCUT2D eigenvalue weighted by molar-refractivity contribution is 0.574. The predicted molar refractivity (Wildman–Crippen MR) is 73.0 cm³/mol. The van der Waals surface area contributed by atoms with Crippen LogP contribution < -0.4 is 5.73 Å². The van der Waals surface area contributed by atoms with Crippen LogP contribution in [0.5, 0.6) is 0 Å². The third-order valence-electron chi connectivity index (χ3n) is 2.93. The first-order valence-electron chi connectivity index (χ1n) is 6.37. The SMILES string of the molecule is CCCn1c(CC(C)C)nc2c(N)cccc21. The van der Waals surface area contributed by atoms with Gasteiger partial charge in [-0.2, -0.15) is 0 Å². The van der Waals surface area contributed by atoms with Crippen LogP contribution in [0, 0.1) is 5.92 Å². The summed E-state index contributed by atoms with van der Waals surface area (Å²) in [5.41, 5.74) is 8.89. The molecule has 2 rings (SSSR count). The highest BCUT2D eigenvalue weighted by Crippen LogP contribution is 2.23. The topological polar surface area (TPSA) is 43.8 Å². The number of nitrogens with zero attached hydrogens (tertiary/aromatic N) is 2. The molecule has 0 amide bonds. The number of rotatable bonds is 4. The molecule has 92 valence electrons. The summed E-state index contributed by atoms with van der Waals surface area (Å²) in [4.78, 5) is 4.71. The summed E-state index contributed by atoms with van der Waals surface area (Å²) >= 11 is 0. The van der Waals surface area contributed by atoms with Crippen molar-refractivity contribution in [2.75, 3.05) is 5.73 Å². The number of aromatic nitrogens is 2. The summed E-state index contributed by atoms with van der Waals surface area (Å²) in [7, 11) is 0. The molecule has 1 aromatic carbocycles. The molecule has 0 atom stereocenters. The maximum Gasteiger partial charge on any atom is 0.112 e. The molecule has 0 aliphatic heterocycles. The Bertz CT molecular complexity index is 511. The Labute approximate surface area is 103 Å². The molecular formula is C14H21N3. The van der Waals surface area contributed by atoms with Crippen molar-refractivity contribution < 1.29 is 0 Å². The third-order valence-corrected chi connectivity index (χ3v) is 2.93. The Balaban J connectivity index is 2.57. The lowest BCUT2D eigenvalue weighted by Gasteiger charge is -2.09. The Hall–Kier alpha value is -1.51. The molecule has 17 heavy (non-hydrogen) atoms. The predicted octanol–water partition coefficient (Wildman–Crippen LogP) is 3.23. The van der Waals surface area contributed by atoms with E-state index in [1.807, 2.05) is 12.1 Å². The molecular weight excluding hydrogens is 210 g/mol. The van der Waals surface area contributed by atoms with Crippen molar-refractivity contribution in [2.45, 2.75) is 40.2 Å². The number of imidazole rings is 1. The first kappa shape index (κ1) is 12.0. The average molecular weight is 231 g/mol. The maximum atomic E-state index is 5.99. The number of nitrogens with two attached hydrogens (primary N) is 1. The van der Waals surface area contributed by atoms with Crippen LogP contribution in [-0.2, 0) is 13.0 Å². The van der Waals surface area contributed by atoms with E-state index in [4.69, 9.17) is 10.7 Å². The molecule has 0 fully saturated rings. The van der Waals surface area contributed by atoms with Crippen molar-refractivity contribution in [3.63, 3.8) is 0 Å². The molecule has 0 aliphatic carbocycles. The molecule has 0 radical (unpaired) electrons. The van der Waals surface area contributed by atoms with Crippen LogP contribution in [0.25, 0.3) is 11.0 Å². The summed E-state index contributed by atoms with van der Waals surface area (Å²) in [5.74, 6) is 1.78. The fourth-order valence-corrected chi connectivity index (χ4v) is 2.21. The van der Waals surface area contributed by atoms with E-state index in [9.17, 15) is 0 Å². The van der Waals surface area contributed by atoms with Crippen molar-refractivity contribution in [3.8, 4) is 0 Å². The highest BCUT2D eigenvalue weighted by atomic mass is 15.1. The first-order chi connectivity index (χ1) is 8.13. The lowest BCUT2D eigenvalue weighted by Crippen LogP contribution is -2.06. The second-order valence-corrected chi connectivity index (χ2v) is 4.99. The van der Waals surface area contributed by atoms with Crippen LogP contribution in [0.15, 0.2) is 18.2 Å². The molecule has 0 aliphatic rings. The van der Waals surface area contributed by atoms with Crippen LogP contribution in [0.1, 0.15) is 33.0 Å². The highest BCUT2D eigenvalue weighted by Gasteiger charge is 2.12. The van der Waals surface area contributed by atoms with E-state index in [1.54, 1.807) is 0 Å². The molecule has 0 saturated heterocycles. The summed E-state index contributed by atoms with van der Waals surface area (Å²) in [6, 6.07) is 6.04. The van der Waals surface area contributed by atoms with E-state index in [1.165, 1.54) is 5.52 Å². The van der Waals surface area contributed by atoms with Gasteiger partial charge in [-0.1, -0.05) is 26.8 Å². The second-order valence-electron chi connectivity index (χ2n) is 4.99. The number of hydrogen-bond acceptors (Lipinski definition) is 2. The van der Waals surface area contributed by atoms with E-state index < -0.39 is 0 Å². The zero-order chi connectivity index (χ0) is 12.4. The van der Waals surface area contributed by atoms with Crippen molar-refractivity contribution in [1.82, 2.24) is 9.55 Å². The minimum absolute atomic E-state index is 0.614. The largest absolute Gasteiger partial charge is 0.397 e. The minimum Gasteiger partial charge on any atom is -0.397 e. The van der Waals surface area contributed by atoms with Gasteiger partial charge in [0, 0.05) is 13.0 Å². The molecule has 2 aromatic rings. The number of anilines is 1. The van der Waals surface area contributed by atoms with Gasteiger partial charge in [-0.3, -0.25) is 0 Å². The van der Waals surface area contributed by atoms with E-state index in [0.717, 1.165) is 36.4 Å². The van der Waals surface area contributed by atoms with Gasteiger partial charge in [-0.15, -0.1) is 0 Å². The van der Waals surface area contributed by atoms with Gasteiger partial charge in [0.05, 0.1) is 11.2 Å². The Morgan fingerprint density at radius 1 is 1.35 bits per heavy atom. The molecule has 3 heteroatoms. The van der Waals surface area contributed by atoms with E-state index in [0.29, 0.717) is 5.92 Å². The number of para-hydroxylation sites is 1. The third kappa shape index (κ3) is 2.28. The molecule has 3 nitrogen and oxygen atoms in total. The summed E-state index contributed by atoms with van der Waals surface area (Å²) in [6.07, 6.45) is 2.12. The standard InChI is InChI=1S/C14H21N3/c1-4-8-17-12-7-5-6-11(15)14(12)16-13(17)9-10(2)3/h5-7,10H,4,8-9,15H2,1-3H3. The van der Waals surface area contributed by atoms with Crippen molar-refractivity contribution >= 4 is 16.7 Å². The number of hydrogen-bond donors (Lipinski definition) is 1. The molecule has 0 saturated carbocycles. The second kappa shape index (κ2) is 4.78. The Kier molecular flexibility index (Phi) is 3.36. The molecule has 0 bridgehead atoms. The Morgan fingerprint density at radius 3 is 2.76 bits per heavy atom. The first-order valence-corrected chi connectivity index (χ1v) is 6.37. The van der Waals surface area contributed by atoms with Crippen molar-refractivity contribution in [1.29, 1.82) is 0 Å². The molecule has 0 spiro atoms. The summed E-state index contributed by atoms with van der Waals surface area (Å²) in [5, 5.41) is 0. The fraction of sp³-hybridized carbons (Fsp3) is 0.500. The number of benzene rings is 1. The lowest BCUT2D eigenvalue weighted by atomic mass is 10.1. The molecule has 1 heterocycles. The van der Waals surface area contributed by atoms with Gasteiger partial charge in [0.2, 0.25) is 0 Å². The van der Waals surface area contributed by atoms with Gasteiger partial charge >= 0.3 is 0 Å². The smallest absolute Gasteiger partial charge is 0.112 e. The highest BCUT2D eigenvalue weighted by molar-refractivity contribution is 5.87. The quantitative estimate of drug-likeness (QED) is 0.821. The minimum atomic E-state index is 0.614. The van der Waals surface area contributed by atoms with Crippen LogP contribution in [0.4, 0.5) is 5.69 Å². The van der Waals surface area contributed by atoms with Gasteiger partial charge < -0.3 is 10.3 Å². The zero-order valence-electron chi connectivity index (χ0n) is 10.9. The zero-order valence-corrected chi connectivity index (χ0v) is 10.9. The van der Waals surface area contributed by atoms with Gasteiger partial charge in [0.25, 0.3) is 0 Å². The van der Waals surface area contributed by atoms with Crippen molar-refractivity contribution in [2.24, 2.45) is 5.92 Å². The van der Waals surface area contributed by atoms with Crippen LogP contribution in [0.3, 0.4) is 0 Å². The molecule has 1 aromatic heterocycles. The number of nitrogen functional groups attached to an aromatic ring is 1. The summed E-state index contributed by atoms with van der Waals surface area (Å²) < 4.78 is 2.31. The Morgan fingerprint density at radius 2 is 2.12 bits per heavy atom. The molecule has 0 unspecified atom stereocenters. The van der Waals surface area contributed by atoms with E-state index in [-0.39, 0.29) is 0 Å². The normalized spacial score (nSPS) is 11.5. The molecule has 2 N–H and O–H groups in total. The maximum absolute atomic E-state index is 5.99.